The number of carbonyl (C=O) groups excluding carboxylic acids is 2. The van der Waals surface area contributed by atoms with Gasteiger partial charge in [-0.3, -0.25) is 14.5 Å². The van der Waals surface area contributed by atoms with Crippen LogP contribution in [0, 0.1) is 0 Å². The molecule has 2 aliphatic rings. The Morgan fingerprint density at radius 3 is 2.07 bits per heavy atom. The quantitative estimate of drug-likeness (QED) is 0.316. The molecular weight excluding hydrogens is 459 g/mol. The minimum Gasteiger partial charge on any atom is -0.357 e. The van der Waals surface area contributed by atoms with Gasteiger partial charge in [0.25, 0.3) is 0 Å². The van der Waals surface area contributed by atoms with Crippen LogP contribution in [-0.4, -0.2) is 97.4 Å². The Bertz CT molecular complexity index is 502. The first kappa shape index (κ1) is 23.9. The van der Waals surface area contributed by atoms with Crippen molar-refractivity contribution in [2.75, 3.05) is 58.9 Å². The maximum absolute atomic E-state index is 12.6. The van der Waals surface area contributed by atoms with Crippen LogP contribution < -0.4 is 10.6 Å². The second-order valence-corrected chi connectivity index (χ2v) is 6.86. The van der Waals surface area contributed by atoms with E-state index < -0.39 is 0 Å². The molecule has 1 atom stereocenters. The summed E-state index contributed by atoms with van der Waals surface area (Å²) in [5.41, 5.74) is 0. The molecule has 0 aromatic heterocycles. The smallest absolute Gasteiger partial charge is 0.241 e. The maximum atomic E-state index is 12.6. The third kappa shape index (κ3) is 7.10. The van der Waals surface area contributed by atoms with Gasteiger partial charge in [-0.05, 0) is 33.6 Å². The fourth-order valence-corrected chi connectivity index (χ4v) is 3.50. The van der Waals surface area contributed by atoms with E-state index >= 15 is 0 Å². The minimum atomic E-state index is -0.0647. The molecule has 2 N–H and O–H groups in total. The Morgan fingerprint density at radius 1 is 0.926 bits per heavy atom. The highest BCUT2D eigenvalue weighted by molar-refractivity contribution is 14.0. The van der Waals surface area contributed by atoms with Crippen molar-refractivity contribution in [3.63, 3.8) is 0 Å². The maximum Gasteiger partial charge on any atom is 0.241 e. The molecule has 27 heavy (non-hydrogen) atoms. The summed E-state index contributed by atoms with van der Waals surface area (Å²) in [5, 5.41) is 6.03. The lowest BCUT2D eigenvalue weighted by molar-refractivity contribution is -0.135. The SMILES string of the molecule is CCNC(=O)CN=C(NCC)N1CCN(C(C)C(=O)N2CCCC2)CC1.I. The second-order valence-electron chi connectivity index (χ2n) is 6.86. The van der Waals surface area contributed by atoms with Crippen LogP contribution in [0.4, 0.5) is 0 Å². The molecule has 156 valence electrons. The van der Waals surface area contributed by atoms with Gasteiger partial charge in [0.05, 0.1) is 6.04 Å². The number of likely N-dealkylation sites (tertiary alicyclic amines) is 1. The molecule has 2 saturated heterocycles. The van der Waals surface area contributed by atoms with Gasteiger partial charge in [0.1, 0.15) is 6.54 Å². The van der Waals surface area contributed by atoms with Crippen LogP contribution in [0.3, 0.4) is 0 Å². The van der Waals surface area contributed by atoms with E-state index in [4.69, 9.17) is 0 Å². The minimum absolute atomic E-state index is 0. The number of hydrogen-bond donors (Lipinski definition) is 2. The lowest BCUT2D eigenvalue weighted by Crippen LogP contribution is -2.57. The normalized spacial score (nSPS) is 19.4. The number of likely N-dealkylation sites (N-methyl/N-ethyl adjacent to an activating group) is 1. The Hall–Kier alpha value is -1.10. The van der Waals surface area contributed by atoms with Crippen molar-refractivity contribution in [3.8, 4) is 0 Å². The van der Waals surface area contributed by atoms with E-state index in [1.165, 1.54) is 0 Å². The fourth-order valence-electron chi connectivity index (χ4n) is 3.50. The second kappa shape index (κ2) is 12.4. The summed E-state index contributed by atoms with van der Waals surface area (Å²) in [7, 11) is 0. The van der Waals surface area contributed by atoms with Gasteiger partial charge < -0.3 is 20.4 Å². The van der Waals surface area contributed by atoms with E-state index in [2.05, 4.69) is 25.4 Å². The third-order valence-corrected chi connectivity index (χ3v) is 5.02. The summed E-state index contributed by atoms with van der Waals surface area (Å²) in [6, 6.07) is -0.0647. The van der Waals surface area contributed by atoms with Gasteiger partial charge in [-0.25, -0.2) is 4.99 Å². The highest BCUT2D eigenvalue weighted by Gasteiger charge is 2.30. The van der Waals surface area contributed by atoms with Crippen molar-refractivity contribution < 1.29 is 9.59 Å². The summed E-state index contributed by atoms with van der Waals surface area (Å²) in [5.74, 6) is 0.969. The monoisotopic (exact) mass is 494 g/mol. The van der Waals surface area contributed by atoms with Gasteiger partial charge in [-0.15, -0.1) is 24.0 Å². The number of halogens is 1. The van der Waals surface area contributed by atoms with Crippen molar-refractivity contribution >= 4 is 41.8 Å². The highest BCUT2D eigenvalue weighted by Crippen LogP contribution is 2.14. The van der Waals surface area contributed by atoms with Crippen LogP contribution in [0.25, 0.3) is 0 Å². The van der Waals surface area contributed by atoms with Crippen LogP contribution in [-0.2, 0) is 9.59 Å². The highest BCUT2D eigenvalue weighted by atomic mass is 127. The summed E-state index contributed by atoms with van der Waals surface area (Å²) in [6.45, 7) is 12.5. The van der Waals surface area contributed by atoms with Crippen LogP contribution >= 0.6 is 24.0 Å². The zero-order valence-corrected chi connectivity index (χ0v) is 19.2. The van der Waals surface area contributed by atoms with E-state index in [9.17, 15) is 9.59 Å². The zero-order chi connectivity index (χ0) is 18.9. The van der Waals surface area contributed by atoms with Crippen molar-refractivity contribution in [2.24, 2.45) is 4.99 Å². The molecule has 2 heterocycles. The first-order valence-electron chi connectivity index (χ1n) is 9.89. The van der Waals surface area contributed by atoms with Gasteiger partial charge in [0.2, 0.25) is 11.8 Å². The topological polar surface area (TPSA) is 80.3 Å². The van der Waals surface area contributed by atoms with Gasteiger partial charge >= 0.3 is 0 Å². The number of rotatable bonds is 6. The molecule has 0 bridgehead atoms. The number of piperazine rings is 1. The Kier molecular flexibility index (Phi) is 11.0. The molecule has 1 unspecified atom stereocenters. The van der Waals surface area contributed by atoms with Gasteiger partial charge in [0, 0.05) is 52.4 Å². The molecule has 2 fully saturated rings. The van der Waals surface area contributed by atoms with Gasteiger partial charge in [0.15, 0.2) is 5.96 Å². The number of hydrogen-bond acceptors (Lipinski definition) is 4. The molecule has 9 heteroatoms. The van der Waals surface area contributed by atoms with Crippen molar-refractivity contribution in [3.05, 3.63) is 0 Å². The zero-order valence-electron chi connectivity index (χ0n) is 16.9. The van der Waals surface area contributed by atoms with E-state index in [0.717, 1.165) is 64.6 Å². The summed E-state index contributed by atoms with van der Waals surface area (Å²) >= 11 is 0. The standard InChI is InChI=1S/C18H34N6O2.HI/c1-4-19-16(25)14-21-18(20-5-2)24-12-10-22(11-13-24)15(3)17(26)23-8-6-7-9-23;/h15H,4-14H2,1-3H3,(H,19,25)(H,20,21);1H. The van der Waals surface area contributed by atoms with Crippen LogP contribution in [0.15, 0.2) is 4.99 Å². The number of aliphatic imine (C=N–C) groups is 1. The first-order chi connectivity index (χ1) is 12.6. The molecule has 0 aliphatic carbocycles. The predicted molar refractivity (Wildman–Crippen MR) is 118 cm³/mol. The van der Waals surface area contributed by atoms with Crippen LogP contribution in [0.2, 0.25) is 0 Å². The molecule has 0 aromatic rings. The molecule has 0 radical (unpaired) electrons. The molecular formula is C18H35IN6O2. The molecule has 2 amide bonds. The van der Waals surface area contributed by atoms with Gasteiger partial charge in [-0.1, -0.05) is 0 Å². The average Bonchev–Trinajstić information content (AvgIpc) is 3.19. The number of guanidine groups is 1. The van der Waals surface area contributed by atoms with E-state index in [1.807, 2.05) is 25.7 Å². The summed E-state index contributed by atoms with van der Waals surface area (Å²) in [6.07, 6.45) is 2.25. The molecule has 2 aliphatic heterocycles. The first-order valence-corrected chi connectivity index (χ1v) is 9.89. The lowest BCUT2D eigenvalue weighted by Gasteiger charge is -2.39. The summed E-state index contributed by atoms with van der Waals surface area (Å²) in [4.78, 5) is 35.1. The summed E-state index contributed by atoms with van der Waals surface area (Å²) < 4.78 is 0. The molecule has 0 spiro atoms. The van der Waals surface area contributed by atoms with Crippen molar-refractivity contribution in [1.29, 1.82) is 0 Å². The van der Waals surface area contributed by atoms with E-state index in [1.54, 1.807) is 0 Å². The Labute approximate surface area is 180 Å². The van der Waals surface area contributed by atoms with Gasteiger partial charge in [-0.2, -0.15) is 0 Å². The van der Waals surface area contributed by atoms with Crippen LogP contribution in [0.5, 0.6) is 0 Å². The van der Waals surface area contributed by atoms with Crippen molar-refractivity contribution in [1.82, 2.24) is 25.3 Å². The van der Waals surface area contributed by atoms with Crippen LogP contribution in [0.1, 0.15) is 33.6 Å². The third-order valence-electron chi connectivity index (χ3n) is 5.02. The number of nitrogens with zero attached hydrogens (tertiary/aromatic N) is 4. The number of nitrogens with one attached hydrogen (secondary N) is 2. The lowest BCUT2D eigenvalue weighted by atomic mass is 10.2. The molecule has 8 nitrogen and oxygen atoms in total. The van der Waals surface area contributed by atoms with Crippen molar-refractivity contribution in [2.45, 2.75) is 39.7 Å². The van der Waals surface area contributed by atoms with E-state index in [-0.39, 0.29) is 48.4 Å². The number of carbonyl (C=O) groups is 2. The molecule has 0 aromatic carbocycles. The predicted octanol–water partition coefficient (Wildman–Crippen LogP) is 0.335. The Balaban J connectivity index is 0.00000364. The molecule has 0 saturated carbocycles. The number of amides is 2. The van der Waals surface area contributed by atoms with E-state index in [0.29, 0.717) is 6.54 Å². The Morgan fingerprint density at radius 2 is 1.52 bits per heavy atom. The fraction of sp³-hybridized carbons (Fsp3) is 0.833. The molecule has 2 rings (SSSR count). The largest absolute Gasteiger partial charge is 0.357 e. The average molecular weight is 494 g/mol.